The largest absolute Gasteiger partial charge is 0.481 e. The molecule has 9 nitrogen and oxygen atoms in total. The van der Waals surface area contributed by atoms with Crippen molar-refractivity contribution in [3.8, 4) is 11.1 Å². The van der Waals surface area contributed by atoms with Crippen LogP contribution in [0.4, 0.5) is 4.79 Å². The summed E-state index contributed by atoms with van der Waals surface area (Å²) < 4.78 is 11.0. The van der Waals surface area contributed by atoms with Crippen molar-refractivity contribution in [3.05, 3.63) is 95.6 Å². The van der Waals surface area contributed by atoms with E-state index >= 15 is 0 Å². The molecule has 3 aromatic carbocycles. The Morgan fingerprint density at radius 2 is 1.50 bits per heavy atom. The lowest BCUT2D eigenvalue weighted by Gasteiger charge is -2.37. The summed E-state index contributed by atoms with van der Waals surface area (Å²) in [6.45, 7) is 0.417. The van der Waals surface area contributed by atoms with E-state index in [4.69, 9.17) is 9.47 Å². The molecule has 0 bridgehead atoms. The summed E-state index contributed by atoms with van der Waals surface area (Å²) in [6.07, 6.45) is 0.587. The van der Waals surface area contributed by atoms with Gasteiger partial charge in [-0.05, 0) is 47.1 Å². The second-order valence-electron chi connectivity index (χ2n) is 10.7. The number of nitrogens with zero attached hydrogens (tertiary/aromatic N) is 1. The van der Waals surface area contributed by atoms with E-state index in [-0.39, 0.29) is 25.6 Å². The number of esters is 1. The predicted molar refractivity (Wildman–Crippen MR) is 154 cm³/mol. The molecule has 1 saturated heterocycles. The van der Waals surface area contributed by atoms with Crippen LogP contribution in [-0.2, 0) is 30.5 Å². The molecule has 42 heavy (non-hydrogen) atoms. The third-order valence-corrected chi connectivity index (χ3v) is 7.87. The summed E-state index contributed by atoms with van der Waals surface area (Å²) in [4.78, 5) is 52.5. The van der Waals surface area contributed by atoms with Crippen molar-refractivity contribution in [2.75, 3.05) is 13.2 Å². The van der Waals surface area contributed by atoms with Crippen LogP contribution in [0.5, 0.6) is 0 Å². The van der Waals surface area contributed by atoms with Gasteiger partial charge in [0.25, 0.3) is 0 Å². The van der Waals surface area contributed by atoms with Gasteiger partial charge in [-0.3, -0.25) is 14.4 Å². The van der Waals surface area contributed by atoms with Gasteiger partial charge >= 0.3 is 18.0 Å². The van der Waals surface area contributed by atoms with Gasteiger partial charge in [-0.2, -0.15) is 0 Å². The monoisotopic (exact) mass is 570 g/mol. The Balaban J connectivity index is 1.28. The molecule has 9 heteroatoms. The quantitative estimate of drug-likeness (QED) is 0.333. The maximum atomic E-state index is 13.7. The number of carbonyl (C=O) groups is 4. The fraction of sp³-hybridized carbons (Fsp3) is 0.333. The first-order valence-electron chi connectivity index (χ1n) is 14.2. The molecule has 218 valence electrons. The number of benzene rings is 3. The van der Waals surface area contributed by atoms with Crippen molar-refractivity contribution in [1.29, 1.82) is 0 Å². The fourth-order valence-electron chi connectivity index (χ4n) is 5.85. The number of amides is 2. The van der Waals surface area contributed by atoms with Crippen molar-refractivity contribution in [2.45, 2.75) is 56.7 Å². The predicted octanol–water partition coefficient (Wildman–Crippen LogP) is 4.88. The third kappa shape index (κ3) is 6.79. The highest BCUT2D eigenvalue weighted by Gasteiger charge is 2.36. The van der Waals surface area contributed by atoms with Crippen LogP contribution >= 0.6 is 0 Å². The number of fused-ring (bicyclic) bond motifs is 3. The van der Waals surface area contributed by atoms with Crippen LogP contribution in [0.15, 0.2) is 78.9 Å². The highest BCUT2D eigenvalue weighted by atomic mass is 16.5. The van der Waals surface area contributed by atoms with E-state index in [0.717, 1.165) is 34.2 Å². The number of piperidine rings is 1. The highest BCUT2D eigenvalue weighted by molar-refractivity contribution is 5.90. The minimum absolute atomic E-state index is 0.0247. The summed E-state index contributed by atoms with van der Waals surface area (Å²) in [5.41, 5.74) is 5.06. The molecular weight excluding hydrogens is 536 g/mol. The molecule has 0 saturated carbocycles. The smallest absolute Gasteiger partial charge is 0.407 e. The number of carbonyl (C=O) groups excluding carboxylic acids is 3. The van der Waals surface area contributed by atoms with Crippen molar-refractivity contribution < 1.29 is 33.8 Å². The Kier molecular flexibility index (Phi) is 9.16. The molecule has 2 atom stereocenters. The van der Waals surface area contributed by atoms with Crippen LogP contribution in [-0.4, -0.2) is 59.2 Å². The number of rotatable bonds is 10. The van der Waals surface area contributed by atoms with Gasteiger partial charge in [0.1, 0.15) is 19.3 Å². The average molecular weight is 571 g/mol. The van der Waals surface area contributed by atoms with Gasteiger partial charge in [-0.1, -0.05) is 78.9 Å². The number of hydrogen-bond acceptors (Lipinski definition) is 6. The molecule has 0 unspecified atom stereocenters. The standard InChI is InChI=1S/C33H34N2O7/c36-30(37)18-23-12-8-9-17-35(23)32(39)29(19-31(38)41-20-22-10-2-1-3-11-22)34-33(40)42-21-28-26-15-6-4-13-24(26)25-14-5-7-16-27(25)28/h1-7,10-11,13-16,23,28-29H,8-9,12,17-21H2,(H,34,40)(H,36,37)/t23-,29-/m0/s1. The van der Waals surface area contributed by atoms with Crippen LogP contribution < -0.4 is 5.32 Å². The molecular formula is C33H34N2O7. The Hall–Kier alpha value is -4.66. The molecule has 1 heterocycles. The zero-order valence-electron chi connectivity index (χ0n) is 23.2. The molecule has 2 N–H and O–H groups in total. The Bertz CT molecular complexity index is 1400. The van der Waals surface area contributed by atoms with Crippen LogP contribution in [0.1, 0.15) is 54.7 Å². The Morgan fingerprint density at radius 3 is 2.17 bits per heavy atom. The van der Waals surface area contributed by atoms with Gasteiger partial charge in [0.2, 0.25) is 5.91 Å². The number of carboxylic acids is 1. The van der Waals surface area contributed by atoms with E-state index in [0.29, 0.717) is 19.4 Å². The first kappa shape index (κ1) is 28.9. The normalized spacial score (nSPS) is 16.6. The third-order valence-electron chi connectivity index (χ3n) is 7.87. The minimum Gasteiger partial charge on any atom is -0.481 e. The molecule has 1 fully saturated rings. The van der Waals surface area contributed by atoms with E-state index in [9.17, 15) is 24.3 Å². The summed E-state index contributed by atoms with van der Waals surface area (Å²) in [7, 11) is 0. The SMILES string of the molecule is O=C(O)C[C@@H]1CCCCN1C(=O)[C@H](CC(=O)OCc1ccccc1)NC(=O)OCC1c2ccccc2-c2ccccc21. The molecule has 5 rings (SSSR count). The lowest BCUT2D eigenvalue weighted by atomic mass is 9.97. The summed E-state index contributed by atoms with van der Waals surface area (Å²) in [5.74, 6) is -2.37. The Labute approximate surface area is 244 Å². The number of likely N-dealkylation sites (tertiary alicyclic amines) is 1. The first-order chi connectivity index (χ1) is 20.4. The lowest BCUT2D eigenvalue weighted by Crippen LogP contribution is -2.54. The van der Waals surface area contributed by atoms with Gasteiger partial charge in [-0.15, -0.1) is 0 Å². The molecule has 1 aliphatic heterocycles. The maximum Gasteiger partial charge on any atom is 0.407 e. The summed E-state index contributed by atoms with van der Waals surface area (Å²) in [5, 5.41) is 12.0. The van der Waals surface area contributed by atoms with E-state index in [1.807, 2.05) is 78.9 Å². The molecule has 1 aliphatic carbocycles. The zero-order valence-corrected chi connectivity index (χ0v) is 23.2. The number of nitrogens with one attached hydrogen (secondary N) is 1. The summed E-state index contributed by atoms with van der Waals surface area (Å²) in [6, 6.07) is 23.3. The van der Waals surface area contributed by atoms with E-state index in [1.54, 1.807) is 0 Å². The molecule has 2 aliphatic rings. The number of hydrogen-bond donors (Lipinski definition) is 2. The van der Waals surface area contributed by atoms with E-state index in [1.165, 1.54) is 4.90 Å². The molecule has 0 radical (unpaired) electrons. The second kappa shape index (κ2) is 13.3. The fourth-order valence-corrected chi connectivity index (χ4v) is 5.85. The molecule has 0 aromatic heterocycles. The van der Waals surface area contributed by atoms with Gasteiger partial charge in [0, 0.05) is 18.5 Å². The van der Waals surface area contributed by atoms with Gasteiger partial charge in [-0.25, -0.2) is 4.79 Å². The van der Waals surface area contributed by atoms with Gasteiger partial charge < -0.3 is 24.8 Å². The van der Waals surface area contributed by atoms with Gasteiger partial charge in [0.15, 0.2) is 0 Å². The lowest BCUT2D eigenvalue weighted by molar-refractivity contribution is -0.150. The highest BCUT2D eigenvalue weighted by Crippen LogP contribution is 2.44. The minimum atomic E-state index is -1.27. The number of alkyl carbamates (subject to hydrolysis) is 1. The molecule has 3 aromatic rings. The van der Waals surface area contributed by atoms with Crippen molar-refractivity contribution >= 4 is 23.9 Å². The molecule has 0 spiro atoms. The van der Waals surface area contributed by atoms with Crippen LogP contribution in [0.25, 0.3) is 11.1 Å². The number of carboxylic acid groups (broad SMARTS) is 1. The molecule has 2 amide bonds. The number of aliphatic carboxylic acids is 1. The average Bonchev–Trinajstić information content (AvgIpc) is 3.32. The summed E-state index contributed by atoms with van der Waals surface area (Å²) >= 11 is 0. The van der Waals surface area contributed by atoms with E-state index < -0.39 is 42.4 Å². The van der Waals surface area contributed by atoms with Crippen molar-refractivity contribution in [3.63, 3.8) is 0 Å². The topological polar surface area (TPSA) is 122 Å². The van der Waals surface area contributed by atoms with Crippen molar-refractivity contribution in [1.82, 2.24) is 10.2 Å². The number of ether oxygens (including phenoxy) is 2. The van der Waals surface area contributed by atoms with Crippen LogP contribution in [0.2, 0.25) is 0 Å². The first-order valence-corrected chi connectivity index (χ1v) is 14.2. The van der Waals surface area contributed by atoms with Crippen LogP contribution in [0.3, 0.4) is 0 Å². The zero-order chi connectivity index (χ0) is 29.5. The maximum absolute atomic E-state index is 13.7. The van der Waals surface area contributed by atoms with E-state index in [2.05, 4.69) is 5.32 Å². The van der Waals surface area contributed by atoms with Crippen LogP contribution in [0, 0.1) is 0 Å². The second-order valence-corrected chi connectivity index (χ2v) is 10.7. The van der Waals surface area contributed by atoms with Gasteiger partial charge in [0.05, 0.1) is 12.8 Å². The van der Waals surface area contributed by atoms with Crippen molar-refractivity contribution in [2.24, 2.45) is 0 Å². The Morgan fingerprint density at radius 1 is 0.857 bits per heavy atom.